The molecule has 0 bridgehead atoms. The largest absolute Gasteiger partial charge is 0.478 e. The summed E-state index contributed by atoms with van der Waals surface area (Å²) in [5, 5.41) is 8.93. The lowest BCUT2D eigenvalue weighted by Gasteiger charge is -2.26. The number of carboxylic acids is 1. The minimum atomic E-state index is -0.939. The molecule has 4 nitrogen and oxygen atoms in total. The van der Waals surface area contributed by atoms with Gasteiger partial charge in [-0.15, -0.1) is 0 Å². The van der Waals surface area contributed by atoms with Crippen LogP contribution in [0.1, 0.15) is 29.3 Å². The third-order valence-corrected chi connectivity index (χ3v) is 2.77. The Morgan fingerprint density at radius 3 is 2.69 bits per heavy atom. The Morgan fingerprint density at radius 2 is 2.12 bits per heavy atom. The first-order chi connectivity index (χ1) is 7.68. The van der Waals surface area contributed by atoms with Gasteiger partial charge in [-0.25, -0.2) is 4.79 Å². The number of hydrogen-bond donors (Lipinski definition) is 1. The molecule has 0 amide bonds. The third-order valence-electron chi connectivity index (χ3n) is 2.77. The molecule has 1 aliphatic heterocycles. The highest BCUT2D eigenvalue weighted by molar-refractivity contribution is 5.87. The second kappa shape index (κ2) is 4.23. The second-order valence-electron chi connectivity index (χ2n) is 3.69. The minimum absolute atomic E-state index is 0.254. The summed E-state index contributed by atoms with van der Waals surface area (Å²) in [6.45, 7) is 3.05. The SMILES string of the molecule is CCC1(c2cccc(C(=O)O)c2)OCCO1. The zero-order valence-electron chi connectivity index (χ0n) is 9.10. The van der Waals surface area contributed by atoms with Crippen molar-refractivity contribution in [1.29, 1.82) is 0 Å². The van der Waals surface area contributed by atoms with Gasteiger partial charge in [0.05, 0.1) is 18.8 Å². The smallest absolute Gasteiger partial charge is 0.335 e. The number of rotatable bonds is 3. The summed E-state index contributed by atoms with van der Waals surface area (Å²) in [7, 11) is 0. The Hall–Kier alpha value is -1.39. The van der Waals surface area contributed by atoms with Gasteiger partial charge < -0.3 is 14.6 Å². The fourth-order valence-electron chi connectivity index (χ4n) is 1.92. The van der Waals surface area contributed by atoms with Gasteiger partial charge in [0, 0.05) is 12.0 Å². The lowest BCUT2D eigenvalue weighted by atomic mass is 10.0. The fourth-order valence-corrected chi connectivity index (χ4v) is 1.92. The molecule has 0 atom stereocenters. The molecule has 16 heavy (non-hydrogen) atoms. The molecule has 1 aromatic carbocycles. The summed E-state index contributed by atoms with van der Waals surface area (Å²) in [6.07, 6.45) is 0.663. The molecule has 2 rings (SSSR count). The number of carbonyl (C=O) groups is 1. The maximum atomic E-state index is 10.9. The van der Waals surface area contributed by atoms with Crippen molar-refractivity contribution in [2.75, 3.05) is 13.2 Å². The van der Waals surface area contributed by atoms with Crippen LogP contribution in [0, 0.1) is 0 Å². The van der Waals surface area contributed by atoms with E-state index in [0.29, 0.717) is 19.6 Å². The van der Waals surface area contributed by atoms with E-state index in [1.807, 2.05) is 13.0 Å². The highest BCUT2D eigenvalue weighted by Gasteiger charge is 2.36. The van der Waals surface area contributed by atoms with Crippen LogP contribution in [0.2, 0.25) is 0 Å². The van der Waals surface area contributed by atoms with E-state index in [-0.39, 0.29) is 5.56 Å². The van der Waals surface area contributed by atoms with Gasteiger partial charge in [0.1, 0.15) is 0 Å². The van der Waals surface area contributed by atoms with Gasteiger partial charge in [-0.3, -0.25) is 0 Å². The molecular weight excluding hydrogens is 208 g/mol. The first kappa shape index (κ1) is 11.1. The topological polar surface area (TPSA) is 55.8 Å². The lowest BCUT2D eigenvalue weighted by Crippen LogP contribution is -2.26. The molecule has 1 aromatic rings. The Balaban J connectivity index is 2.38. The quantitative estimate of drug-likeness (QED) is 0.849. The van der Waals surface area contributed by atoms with Gasteiger partial charge >= 0.3 is 5.97 Å². The summed E-state index contributed by atoms with van der Waals surface area (Å²) >= 11 is 0. The van der Waals surface area contributed by atoms with Crippen molar-refractivity contribution in [2.45, 2.75) is 19.1 Å². The second-order valence-corrected chi connectivity index (χ2v) is 3.69. The standard InChI is InChI=1S/C12H14O4/c1-2-12(15-6-7-16-12)10-5-3-4-9(8-10)11(13)14/h3-5,8H,2,6-7H2,1H3,(H,13,14). The number of hydrogen-bond acceptors (Lipinski definition) is 3. The molecule has 86 valence electrons. The molecule has 1 saturated heterocycles. The van der Waals surface area contributed by atoms with Crippen LogP contribution in [0.3, 0.4) is 0 Å². The van der Waals surface area contributed by atoms with E-state index in [1.165, 1.54) is 0 Å². The molecule has 0 aromatic heterocycles. The number of aromatic carboxylic acids is 1. The summed E-state index contributed by atoms with van der Waals surface area (Å²) in [4.78, 5) is 10.9. The van der Waals surface area contributed by atoms with E-state index < -0.39 is 11.8 Å². The molecule has 1 N–H and O–H groups in total. The molecule has 1 fully saturated rings. The van der Waals surface area contributed by atoms with E-state index in [0.717, 1.165) is 5.56 Å². The zero-order chi connectivity index (χ0) is 11.6. The maximum Gasteiger partial charge on any atom is 0.335 e. The minimum Gasteiger partial charge on any atom is -0.478 e. The zero-order valence-corrected chi connectivity index (χ0v) is 9.10. The predicted octanol–water partition coefficient (Wildman–Crippen LogP) is 1.99. The van der Waals surface area contributed by atoms with Crippen molar-refractivity contribution in [3.8, 4) is 0 Å². The average molecular weight is 222 g/mol. The van der Waals surface area contributed by atoms with Gasteiger partial charge in [-0.05, 0) is 12.1 Å². The molecule has 1 heterocycles. The van der Waals surface area contributed by atoms with Crippen molar-refractivity contribution in [2.24, 2.45) is 0 Å². The van der Waals surface area contributed by atoms with E-state index >= 15 is 0 Å². The fraction of sp³-hybridized carbons (Fsp3) is 0.417. The predicted molar refractivity (Wildman–Crippen MR) is 57.3 cm³/mol. The Kier molecular flexibility index (Phi) is 2.94. The Bertz CT molecular complexity index is 394. The van der Waals surface area contributed by atoms with Gasteiger partial charge in [0.25, 0.3) is 0 Å². The first-order valence-corrected chi connectivity index (χ1v) is 5.30. The molecule has 0 unspecified atom stereocenters. The molecule has 1 aliphatic rings. The van der Waals surface area contributed by atoms with Crippen molar-refractivity contribution in [1.82, 2.24) is 0 Å². The number of benzene rings is 1. The van der Waals surface area contributed by atoms with Crippen LogP contribution in [0.15, 0.2) is 24.3 Å². The summed E-state index contributed by atoms with van der Waals surface area (Å²) in [5.74, 6) is -1.70. The molecule has 0 saturated carbocycles. The molecule has 4 heteroatoms. The monoisotopic (exact) mass is 222 g/mol. The van der Waals surface area contributed by atoms with Crippen LogP contribution >= 0.6 is 0 Å². The van der Waals surface area contributed by atoms with Crippen molar-refractivity contribution >= 4 is 5.97 Å². The Labute approximate surface area is 93.8 Å². The highest BCUT2D eigenvalue weighted by atomic mass is 16.7. The normalized spacial score (nSPS) is 18.6. The van der Waals surface area contributed by atoms with Crippen LogP contribution in [0.5, 0.6) is 0 Å². The maximum absolute atomic E-state index is 10.9. The number of ether oxygens (including phenoxy) is 2. The molecule has 0 aliphatic carbocycles. The van der Waals surface area contributed by atoms with Crippen LogP contribution in [0.25, 0.3) is 0 Å². The van der Waals surface area contributed by atoms with Gasteiger partial charge in [-0.1, -0.05) is 19.1 Å². The van der Waals surface area contributed by atoms with Crippen molar-refractivity contribution < 1.29 is 19.4 Å². The van der Waals surface area contributed by atoms with E-state index in [4.69, 9.17) is 14.6 Å². The van der Waals surface area contributed by atoms with E-state index in [2.05, 4.69) is 0 Å². The Morgan fingerprint density at radius 1 is 1.44 bits per heavy atom. The van der Waals surface area contributed by atoms with Gasteiger partial charge in [0.2, 0.25) is 0 Å². The van der Waals surface area contributed by atoms with Crippen LogP contribution < -0.4 is 0 Å². The third kappa shape index (κ3) is 1.81. The van der Waals surface area contributed by atoms with Crippen molar-refractivity contribution in [3.63, 3.8) is 0 Å². The van der Waals surface area contributed by atoms with E-state index in [1.54, 1.807) is 18.2 Å². The summed E-state index contributed by atoms with van der Waals surface area (Å²) in [5.41, 5.74) is 1.02. The summed E-state index contributed by atoms with van der Waals surface area (Å²) in [6, 6.07) is 6.71. The molecule has 0 radical (unpaired) electrons. The van der Waals surface area contributed by atoms with E-state index in [9.17, 15) is 4.79 Å². The first-order valence-electron chi connectivity index (χ1n) is 5.30. The van der Waals surface area contributed by atoms with Crippen molar-refractivity contribution in [3.05, 3.63) is 35.4 Å². The average Bonchev–Trinajstić information content (AvgIpc) is 2.79. The van der Waals surface area contributed by atoms with Crippen LogP contribution in [0.4, 0.5) is 0 Å². The van der Waals surface area contributed by atoms with Crippen LogP contribution in [-0.2, 0) is 15.3 Å². The van der Waals surface area contributed by atoms with Gasteiger partial charge in [-0.2, -0.15) is 0 Å². The summed E-state index contributed by atoms with van der Waals surface area (Å²) < 4.78 is 11.2. The van der Waals surface area contributed by atoms with Gasteiger partial charge in [0.15, 0.2) is 5.79 Å². The lowest BCUT2D eigenvalue weighted by molar-refractivity contribution is -0.167. The molecular formula is C12H14O4. The van der Waals surface area contributed by atoms with Crippen LogP contribution in [-0.4, -0.2) is 24.3 Å². The number of carboxylic acid groups (broad SMARTS) is 1. The highest BCUT2D eigenvalue weighted by Crippen LogP contribution is 2.34. The molecule has 0 spiro atoms.